The van der Waals surface area contributed by atoms with Crippen molar-refractivity contribution in [1.29, 1.82) is 0 Å². The lowest BCUT2D eigenvalue weighted by atomic mass is 9.96. The van der Waals surface area contributed by atoms with Gasteiger partial charge in [0.15, 0.2) is 0 Å². The summed E-state index contributed by atoms with van der Waals surface area (Å²) in [4.78, 5) is 15.4. The third-order valence-corrected chi connectivity index (χ3v) is 8.45. The van der Waals surface area contributed by atoms with Crippen LogP contribution in [0.3, 0.4) is 0 Å². The molecular weight excluding hydrogens is 410 g/mol. The summed E-state index contributed by atoms with van der Waals surface area (Å²) >= 11 is 0. The summed E-state index contributed by atoms with van der Waals surface area (Å²) in [5, 5.41) is 3.50. The van der Waals surface area contributed by atoms with E-state index in [0.29, 0.717) is 37.4 Å². The highest BCUT2D eigenvalue weighted by Gasteiger charge is 2.36. The van der Waals surface area contributed by atoms with Gasteiger partial charge in [-0.1, -0.05) is 35.9 Å². The molecule has 2 saturated heterocycles. The Morgan fingerprint density at radius 3 is 2.35 bits per heavy atom. The number of nitrogens with one attached hydrogen (secondary N) is 1. The van der Waals surface area contributed by atoms with Crippen molar-refractivity contribution in [3.05, 3.63) is 59.7 Å². The third-order valence-electron chi connectivity index (χ3n) is 6.40. The second-order valence-electron chi connectivity index (χ2n) is 8.73. The maximum atomic E-state index is 13.1. The largest absolute Gasteiger partial charge is 0.380 e. The van der Waals surface area contributed by atoms with Gasteiger partial charge >= 0.3 is 0 Å². The number of carbonyl (C=O) groups is 1. The van der Waals surface area contributed by atoms with Crippen molar-refractivity contribution in [2.45, 2.75) is 44.0 Å². The molecule has 7 heteroatoms. The van der Waals surface area contributed by atoms with Gasteiger partial charge in [-0.3, -0.25) is 4.79 Å². The van der Waals surface area contributed by atoms with Crippen LogP contribution in [0.25, 0.3) is 0 Å². The van der Waals surface area contributed by atoms with Crippen molar-refractivity contribution in [2.24, 2.45) is 5.92 Å². The Morgan fingerprint density at radius 2 is 1.68 bits per heavy atom. The first-order valence-electron chi connectivity index (χ1n) is 11.0. The number of sulfonamides is 1. The van der Waals surface area contributed by atoms with Crippen molar-refractivity contribution in [2.75, 3.05) is 31.5 Å². The highest BCUT2D eigenvalue weighted by atomic mass is 32.2. The number of piperidine rings is 1. The summed E-state index contributed by atoms with van der Waals surface area (Å²) in [6.45, 7) is 6.04. The minimum absolute atomic E-state index is 0.0963. The van der Waals surface area contributed by atoms with E-state index in [9.17, 15) is 13.2 Å². The van der Waals surface area contributed by atoms with Crippen molar-refractivity contribution in [3.63, 3.8) is 0 Å². The Labute approximate surface area is 185 Å². The molecule has 6 nitrogen and oxygen atoms in total. The zero-order valence-electron chi connectivity index (χ0n) is 18.3. The molecule has 1 amide bonds. The van der Waals surface area contributed by atoms with E-state index in [0.717, 1.165) is 29.8 Å². The summed E-state index contributed by atoms with van der Waals surface area (Å²) in [6, 6.07) is 15.8. The lowest BCUT2D eigenvalue weighted by Gasteiger charge is -2.32. The molecule has 0 spiro atoms. The highest BCUT2D eigenvalue weighted by molar-refractivity contribution is 7.89. The number of nitrogens with zero attached hydrogens (tertiary/aromatic N) is 2. The maximum Gasteiger partial charge on any atom is 0.243 e. The van der Waals surface area contributed by atoms with Crippen LogP contribution in [0, 0.1) is 19.8 Å². The first-order chi connectivity index (χ1) is 14.8. The first-order valence-corrected chi connectivity index (χ1v) is 12.5. The molecule has 166 valence electrons. The first kappa shape index (κ1) is 21.8. The van der Waals surface area contributed by atoms with Gasteiger partial charge in [-0.15, -0.1) is 0 Å². The number of carbonyl (C=O) groups excluding carboxylic acids is 1. The number of likely N-dealkylation sites (tertiary alicyclic amines) is 1. The Kier molecular flexibility index (Phi) is 6.34. The Balaban J connectivity index is 1.33. The van der Waals surface area contributed by atoms with Crippen molar-refractivity contribution >= 4 is 21.6 Å². The van der Waals surface area contributed by atoms with E-state index in [1.807, 2.05) is 61.2 Å². The van der Waals surface area contributed by atoms with E-state index >= 15 is 0 Å². The molecule has 2 heterocycles. The average molecular weight is 442 g/mol. The summed E-state index contributed by atoms with van der Waals surface area (Å²) in [7, 11) is -3.52. The molecular formula is C24H31N3O3S. The standard InChI is InChI=1S/C24H31N3O3S/c1-18-8-9-23(19(2)16-18)31(29,30)27-14-10-20(11-15-27)24(28)26-13-12-22(17-26)25-21-6-4-3-5-7-21/h3-9,16,20,22,25H,10-15,17H2,1-2H3. The van der Waals surface area contributed by atoms with Crippen LogP contribution in [-0.2, 0) is 14.8 Å². The number of anilines is 1. The van der Waals surface area contributed by atoms with Crippen LogP contribution >= 0.6 is 0 Å². The average Bonchev–Trinajstić information content (AvgIpc) is 3.22. The van der Waals surface area contributed by atoms with Crippen LogP contribution in [0.15, 0.2) is 53.4 Å². The fourth-order valence-corrected chi connectivity index (χ4v) is 6.35. The molecule has 1 unspecified atom stereocenters. The predicted octanol–water partition coefficient (Wildman–Crippen LogP) is 3.42. The number of benzene rings is 2. The van der Waals surface area contributed by atoms with Crippen LogP contribution < -0.4 is 5.32 Å². The van der Waals surface area contributed by atoms with Gasteiger partial charge in [0.2, 0.25) is 15.9 Å². The van der Waals surface area contributed by atoms with Crippen LogP contribution in [-0.4, -0.2) is 55.8 Å². The molecule has 1 N–H and O–H groups in total. The van der Waals surface area contributed by atoms with Crippen LogP contribution in [0.4, 0.5) is 5.69 Å². The SMILES string of the molecule is Cc1ccc(S(=O)(=O)N2CCC(C(=O)N3CCC(Nc4ccccc4)C3)CC2)c(C)c1. The Bertz CT molecular complexity index is 1030. The van der Waals surface area contributed by atoms with E-state index < -0.39 is 10.0 Å². The van der Waals surface area contributed by atoms with Gasteiger partial charge in [-0.25, -0.2) is 8.42 Å². The number of amides is 1. The molecule has 2 fully saturated rings. The summed E-state index contributed by atoms with van der Waals surface area (Å²) < 4.78 is 27.7. The summed E-state index contributed by atoms with van der Waals surface area (Å²) in [6.07, 6.45) is 2.09. The maximum absolute atomic E-state index is 13.1. The molecule has 4 rings (SSSR count). The molecule has 2 aliphatic heterocycles. The Hall–Kier alpha value is -2.38. The van der Waals surface area contributed by atoms with Gasteiger partial charge in [0.25, 0.3) is 0 Å². The van der Waals surface area contributed by atoms with Crippen molar-refractivity contribution in [1.82, 2.24) is 9.21 Å². The molecule has 0 aliphatic carbocycles. The molecule has 1 atom stereocenters. The van der Waals surface area contributed by atoms with E-state index in [-0.39, 0.29) is 17.9 Å². The molecule has 0 saturated carbocycles. The molecule has 2 aromatic rings. The van der Waals surface area contributed by atoms with Gasteiger partial charge in [0.05, 0.1) is 4.90 Å². The van der Waals surface area contributed by atoms with E-state index in [1.165, 1.54) is 4.31 Å². The fraction of sp³-hybridized carbons (Fsp3) is 0.458. The van der Waals surface area contributed by atoms with Gasteiger partial charge in [-0.2, -0.15) is 4.31 Å². The van der Waals surface area contributed by atoms with Gasteiger partial charge < -0.3 is 10.2 Å². The monoisotopic (exact) mass is 441 g/mol. The smallest absolute Gasteiger partial charge is 0.243 e. The Morgan fingerprint density at radius 1 is 0.968 bits per heavy atom. The van der Waals surface area contributed by atoms with Gasteiger partial charge in [0, 0.05) is 43.8 Å². The molecule has 2 aromatic carbocycles. The van der Waals surface area contributed by atoms with E-state index in [1.54, 1.807) is 6.07 Å². The molecule has 31 heavy (non-hydrogen) atoms. The van der Waals surface area contributed by atoms with E-state index in [4.69, 9.17) is 0 Å². The van der Waals surface area contributed by atoms with Crippen molar-refractivity contribution in [3.8, 4) is 0 Å². The minimum Gasteiger partial charge on any atom is -0.380 e. The quantitative estimate of drug-likeness (QED) is 0.772. The van der Waals surface area contributed by atoms with Crippen molar-refractivity contribution < 1.29 is 13.2 Å². The molecule has 0 bridgehead atoms. The molecule has 0 aromatic heterocycles. The predicted molar refractivity (Wildman–Crippen MR) is 122 cm³/mol. The fourth-order valence-electron chi connectivity index (χ4n) is 4.68. The zero-order valence-corrected chi connectivity index (χ0v) is 19.1. The molecule has 0 radical (unpaired) electrons. The van der Waals surface area contributed by atoms with Crippen LogP contribution in [0.1, 0.15) is 30.4 Å². The third kappa shape index (κ3) is 4.77. The van der Waals surface area contributed by atoms with Crippen LogP contribution in [0.2, 0.25) is 0 Å². The lowest BCUT2D eigenvalue weighted by molar-refractivity contribution is -0.135. The summed E-state index contributed by atoms with van der Waals surface area (Å²) in [5.41, 5.74) is 2.89. The second-order valence-corrected chi connectivity index (χ2v) is 10.6. The van der Waals surface area contributed by atoms with Crippen LogP contribution in [0.5, 0.6) is 0 Å². The zero-order chi connectivity index (χ0) is 22.0. The summed E-state index contributed by atoms with van der Waals surface area (Å²) in [5.74, 6) is 0.0713. The van der Waals surface area contributed by atoms with Gasteiger partial charge in [0.1, 0.15) is 0 Å². The number of hydrogen-bond donors (Lipinski definition) is 1. The lowest BCUT2D eigenvalue weighted by Crippen LogP contribution is -2.44. The molecule has 2 aliphatic rings. The minimum atomic E-state index is -3.52. The van der Waals surface area contributed by atoms with Gasteiger partial charge in [-0.05, 0) is 56.9 Å². The number of hydrogen-bond acceptors (Lipinski definition) is 4. The highest BCUT2D eigenvalue weighted by Crippen LogP contribution is 2.28. The van der Waals surface area contributed by atoms with E-state index in [2.05, 4.69) is 5.32 Å². The topological polar surface area (TPSA) is 69.7 Å². The number of rotatable bonds is 5. The number of aryl methyl sites for hydroxylation is 2. The second kappa shape index (κ2) is 9.01. The number of para-hydroxylation sites is 1. The normalized spacial score (nSPS) is 20.7.